The van der Waals surface area contributed by atoms with E-state index in [-0.39, 0.29) is 0 Å². The smallest absolute Gasteiger partial charge is 0.191 e. The molecule has 26 heavy (non-hydrogen) atoms. The van der Waals surface area contributed by atoms with E-state index in [2.05, 4.69) is 37.6 Å². The summed E-state index contributed by atoms with van der Waals surface area (Å²) in [5.74, 6) is 1.88. The van der Waals surface area contributed by atoms with E-state index >= 15 is 0 Å². The van der Waals surface area contributed by atoms with Crippen molar-refractivity contribution in [3.63, 3.8) is 0 Å². The van der Waals surface area contributed by atoms with Crippen molar-refractivity contribution in [2.45, 2.75) is 63.5 Å². The maximum Gasteiger partial charge on any atom is 0.191 e. The van der Waals surface area contributed by atoms with Gasteiger partial charge in [0.1, 0.15) is 5.82 Å². The number of rotatable bonds is 4. The molecule has 2 heterocycles. The van der Waals surface area contributed by atoms with Gasteiger partial charge in [-0.25, -0.2) is 4.98 Å². The number of nitrogens with zero attached hydrogens (tertiary/aromatic N) is 3. The molecule has 0 spiro atoms. The molecule has 144 valence electrons. The van der Waals surface area contributed by atoms with Gasteiger partial charge in [0.05, 0.1) is 5.60 Å². The Kier molecular flexibility index (Phi) is 6.35. The number of hydrogen-bond donors (Lipinski definition) is 3. The van der Waals surface area contributed by atoms with E-state index in [0.29, 0.717) is 12.6 Å². The molecular formula is C20H33N5O. The quantitative estimate of drug-likeness (QED) is 0.568. The van der Waals surface area contributed by atoms with Crippen molar-refractivity contribution in [2.24, 2.45) is 4.99 Å². The second-order valence-corrected chi connectivity index (χ2v) is 7.75. The SMILES string of the molecule is CN=C(NCC1(O)CCCCC1)NC1CCN(c2cccc(C)n2)CC1. The van der Waals surface area contributed by atoms with Crippen LogP contribution in [0.5, 0.6) is 0 Å². The fourth-order valence-electron chi connectivity index (χ4n) is 3.98. The highest BCUT2D eigenvalue weighted by Gasteiger charge is 2.29. The van der Waals surface area contributed by atoms with Crippen LogP contribution in [0.15, 0.2) is 23.2 Å². The summed E-state index contributed by atoms with van der Waals surface area (Å²) in [6.07, 6.45) is 7.37. The zero-order valence-corrected chi connectivity index (χ0v) is 16.2. The van der Waals surface area contributed by atoms with Crippen LogP contribution in [0.1, 0.15) is 50.6 Å². The molecule has 0 amide bonds. The fraction of sp³-hybridized carbons (Fsp3) is 0.700. The minimum absolute atomic E-state index is 0.406. The van der Waals surface area contributed by atoms with E-state index in [1.807, 2.05) is 13.0 Å². The normalized spacial score (nSPS) is 21.5. The lowest BCUT2D eigenvalue weighted by Crippen LogP contribution is -2.52. The van der Waals surface area contributed by atoms with Crippen LogP contribution in [0.4, 0.5) is 5.82 Å². The van der Waals surface area contributed by atoms with Crippen LogP contribution in [0.3, 0.4) is 0 Å². The second kappa shape index (κ2) is 8.71. The van der Waals surface area contributed by atoms with Crippen molar-refractivity contribution in [1.82, 2.24) is 15.6 Å². The van der Waals surface area contributed by atoms with Crippen molar-refractivity contribution >= 4 is 11.8 Å². The monoisotopic (exact) mass is 359 g/mol. The molecule has 1 aliphatic carbocycles. The van der Waals surface area contributed by atoms with Crippen molar-refractivity contribution in [3.05, 3.63) is 23.9 Å². The summed E-state index contributed by atoms with van der Waals surface area (Å²) in [6.45, 7) is 4.61. The second-order valence-electron chi connectivity index (χ2n) is 7.75. The third-order valence-corrected chi connectivity index (χ3v) is 5.63. The highest BCUT2D eigenvalue weighted by molar-refractivity contribution is 5.80. The van der Waals surface area contributed by atoms with Gasteiger partial charge in [-0.2, -0.15) is 0 Å². The predicted molar refractivity (Wildman–Crippen MR) is 107 cm³/mol. The number of piperidine rings is 1. The largest absolute Gasteiger partial charge is 0.388 e. The van der Waals surface area contributed by atoms with Gasteiger partial charge in [-0.3, -0.25) is 4.99 Å². The molecule has 2 aliphatic rings. The standard InChI is InChI=1S/C20H33N5O/c1-16-7-6-8-18(23-16)25-13-9-17(10-14-25)24-19(21-2)22-15-20(26)11-4-3-5-12-20/h6-8,17,26H,3-5,9-15H2,1-2H3,(H2,21,22,24). The van der Waals surface area contributed by atoms with Crippen LogP contribution in [0.2, 0.25) is 0 Å². The molecule has 0 radical (unpaired) electrons. The van der Waals surface area contributed by atoms with Gasteiger partial charge < -0.3 is 20.6 Å². The summed E-state index contributed by atoms with van der Waals surface area (Å²) >= 11 is 0. The van der Waals surface area contributed by atoms with Gasteiger partial charge in [0, 0.05) is 38.4 Å². The van der Waals surface area contributed by atoms with Gasteiger partial charge in [0.2, 0.25) is 0 Å². The van der Waals surface area contributed by atoms with Crippen LogP contribution >= 0.6 is 0 Å². The molecule has 6 nitrogen and oxygen atoms in total. The molecule has 1 aromatic rings. The van der Waals surface area contributed by atoms with Crippen LogP contribution in [-0.4, -0.2) is 54.4 Å². The molecule has 1 aromatic heterocycles. The molecule has 1 saturated heterocycles. The van der Waals surface area contributed by atoms with E-state index in [1.54, 1.807) is 7.05 Å². The summed E-state index contributed by atoms with van der Waals surface area (Å²) in [7, 11) is 1.80. The van der Waals surface area contributed by atoms with E-state index in [1.165, 1.54) is 6.42 Å². The van der Waals surface area contributed by atoms with E-state index in [4.69, 9.17) is 0 Å². The molecule has 3 N–H and O–H groups in total. The van der Waals surface area contributed by atoms with Gasteiger partial charge in [-0.1, -0.05) is 25.3 Å². The summed E-state index contributed by atoms with van der Waals surface area (Å²) in [4.78, 5) is 11.3. The molecule has 1 saturated carbocycles. The summed E-state index contributed by atoms with van der Waals surface area (Å²) < 4.78 is 0. The van der Waals surface area contributed by atoms with Gasteiger partial charge in [0.25, 0.3) is 0 Å². The number of pyridine rings is 1. The molecule has 0 atom stereocenters. The Labute approximate surface area is 157 Å². The van der Waals surface area contributed by atoms with Crippen LogP contribution < -0.4 is 15.5 Å². The van der Waals surface area contributed by atoms with Gasteiger partial charge in [-0.15, -0.1) is 0 Å². The van der Waals surface area contributed by atoms with Gasteiger partial charge >= 0.3 is 0 Å². The van der Waals surface area contributed by atoms with E-state index in [9.17, 15) is 5.11 Å². The molecule has 2 fully saturated rings. The van der Waals surface area contributed by atoms with Gasteiger partial charge in [-0.05, 0) is 44.7 Å². The lowest BCUT2D eigenvalue weighted by Gasteiger charge is -2.35. The third-order valence-electron chi connectivity index (χ3n) is 5.63. The molecule has 0 aromatic carbocycles. The topological polar surface area (TPSA) is 72.8 Å². The Balaban J connectivity index is 1.45. The van der Waals surface area contributed by atoms with Crippen molar-refractivity contribution in [3.8, 4) is 0 Å². The highest BCUT2D eigenvalue weighted by Crippen LogP contribution is 2.27. The first kappa shape index (κ1) is 19.0. The molecule has 0 bridgehead atoms. The Morgan fingerprint density at radius 3 is 2.65 bits per heavy atom. The Morgan fingerprint density at radius 1 is 1.27 bits per heavy atom. The number of aliphatic imine (C=N–C) groups is 1. The minimum Gasteiger partial charge on any atom is -0.388 e. The van der Waals surface area contributed by atoms with E-state index in [0.717, 1.165) is 69.1 Å². The van der Waals surface area contributed by atoms with Crippen LogP contribution in [0, 0.1) is 6.92 Å². The zero-order valence-electron chi connectivity index (χ0n) is 16.2. The number of anilines is 1. The molecule has 3 rings (SSSR count). The Bertz CT molecular complexity index is 604. The lowest BCUT2D eigenvalue weighted by molar-refractivity contribution is 0.00854. The number of aryl methyl sites for hydroxylation is 1. The van der Waals surface area contributed by atoms with E-state index < -0.39 is 5.60 Å². The number of nitrogens with one attached hydrogen (secondary N) is 2. The van der Waals surface area contributed by atoms with Crippen molar-refractivity contribution in [2.75, 3.05) is 31.6 Å². The Morgan fingerprint density at radius 2 is 2.00 bits per heavy atom. The summed E-state index contributed by atoms with van der Waals surface area (Å²) in [6, 6.07) is 6.60. The molecular weight excluding hydrogens is 326 g/mol. The minimum atomic E-state index is -0.573. The predicted octanol–water partition coefficient (Wildman–Crippen LogP) is 2.22. The van der Waals surface area contributed by atoms with Crippen LogP contribution in [0.25, 0.3) is 0 Å². The van der Waals surface area contributed by atoms with Crippen molar-refractivity contribution < 1.29 is 5.11 Å². The van der Waals surface area contributed by atoms with Crippen LogP contribution in [-0.2, 0) is 0 Å². The summed E-state index contributed by atoms with van der Waals surface area (Å²) in [5, 5.41) is 17.5. The molecule has 6 heteroatoms. The maximum atomic E-state index is 10.6. The number of aromatic nitrogens is 1. The first-order valence-corrected chi connectivity index (χ1v) is 9.96. The third kappa shape index (κ3) is 5.10. The lowest BCUT2D eigenvalue weighted by atomic mass is 9.85. The fourth-order valence-corrected chi connectivity index (χ4v) is 3.98. The highest BCUT2D eigenvalue weighted by atomic mass is 16.3. The van der Waals surface area contributed by atoms with Crippen molar-refractivity contribution in [1.29, 1.82) is 0 Å². The maximum absolute atomic E-state index is 10.6. The first-order valence-electron chi connectivity index (χ1n) is 9.96. The summed E-state index contributed by atoms with van der Waals surface area (Å²) in [5.41, 5.74) is 0.490. The van der Waals surface area contributed by atoms with Gasteiger partial charge in [0.15, 0.2) is 5.96 Å². The molecule has 0 unspecified atom stereocenters. The number of guanidine groups is 1. The average molecular weight is 360 g/mol. The molecule has 1 aliphatic heterocycles. The first-order chi connectivity index (χ1) is 12.6. The Hall–Kier alpha value is -1.82. The number of hydrogen-bond acceptors (Lipinski definition) is 4. The zero-order chi connectivity index (χ0) is 18.4. The number of aliphatic hydroxyl groups is 1. The average Bonchev–Trinajstić information content (AvgIpc) is 2.66.